The van der Waals surface area contributed by atoms with Gasteiger partial charge in [0.2, 0.25) is 0 Å². The van der Waals surface area contributed by atoms with E-state index in [0.717, 1.165) is 51.0 Å². The van der Waals surface area contributed by atoms with E-state index in [4.69, 9.17) is 4.74 Å². The standard InChI is InChI=1S/C22H28N2O2/c1-23(2)22(18-25,20-6-4-3-5-7-20)13-12-19-8-10-21(11-9-19)24-14-16-26-17-15-24/h3-11,18H,12-17H2,1-2H3. The summed E-state index contributed by atoms with van der Waals surface area (Å²) in [5, 5.41) is 0. The molecule has 1 aliphatic rings. The third-order valence-corrected chi connectivity index (χ3v) is 5.37. The number of aryl methyl sites for hydroxylation is 1. The molecule has 26 heavy (non-hydrogen) atoms. The number of likely N-dealkylation sites (N-methyl/N-ethyl adjacent to an activating group) is 1. The summed E-state index contributed by atoms with van der Waals surface area (Å²) in [5.41, 5.74) is 2.95. The summed E-state index contributed by atoms with van der Waals surface area (Å²) in [6.07, 6.45) is 2.70. The van der Waals surface area contributed by atoms with Crippen molar-refractivity contribution in [1.82, 2.24) is 4.90 Å². The average Bonchev–Trinajstić information content (AvgIpc) is 2.70. The quantitative estimate of drug-likeness (QED) is 0.717. The molecule has 138 valence electrons. The van der Waals surface area contributed by atoms with E-state index >= 15 is 0 Å². The third-order valence-electron chi connectivity index (χ3n) is 5.37. The maximum absolute atomic E-state index is 12.1. The highest BCUT2D eigenvalue weighted by molar-refractivity contribution is 5.68. The summed E-state index contributed by atoms with van der Waals surface area (Å²) < 4.78 is 5.42. The molecule has 4 heteroatoms. The first-order valence-corrected chi connectivity index (χ1v) is 9.26. The van der Waals surface area contributed by atoms with Gasteiger partial charge in [0.25, 0.3) is 0 Å². The molecule has 1 unspecified atom stereocenters. The van der Waals surface area contributed by atoms with Crippen LogP contribution in [-0.2, 0) is 21.5 Å². The molecule has 2 aromatic carbocycles. The second kappa shape index (κ2) is 8.47. The summed E-state index contributed by atoms with van der Waals surface area (Å²) in [5.74, 6) is 0. The maximum atomic E-state index is 12.1. The highest BCUT2D eigenvalue weighted by Gasteiger charge is 2.33. The Morgan fingerprint density at radius 2 is 1.69 bits per heavy atom. The van der Waals surface area contributed by atoms with Crippen molar-refractivity contribution in [2.24, 2.45) is 0 Å². The predicted molar refractivity (Wildman–Crippen MR) is 106 cm³/mol. The smallest absolute Gasteiger partial charge is 0.144 e. The Kier molecular flexibility index (Phi) is 6.07. The van der Waals surface area contributed by atoms with E-state index in [2.05, 4.69) is 29.2 Å². The molecule has 1 atom stereocenters. The molecular formula is C22H28N2O2. The van der Waals surface area contributed by atoms with Gasteiger partial charge in [-0.15, -0.1) is 0 Å². The number of aldehydes is 1. The Hall–Kier alpha value is -2.17. The van der Waals surface area contributed by atoms with Crippen LogP contribution in [0.3, 0.4) is 0 Å². The van der Waals surface area contributed by atoms with Crippen LogP contribution in [0.25, 0.3) is 0 Å². The van der Waals surface area contributed by atoms with Crippen LogP contribution in [0, 0.1) is 0 Å². The Morgan fingerprint density at radius 1 is 1.04 bits per heavy atom. The van der Waals surface area contributed by atoms with Crippen molar-refractivity contribution >= 4 is 12.0 Å². The summed E-state index contributed by atoms with van der Waals surface area (Å²) in [7, 11) is 3.95. The number of nitrogens with zero attached hydrogens (tertiary/aromatic N) is 2. The normalized spacial score (nSPS) is 17.1. The van der Waals surface area contributed by atoms with Crippen LogP contribution in [0.15, 0.2) is 54.6 Å². The van der Waals surface area contributed by atoms with Crippen molar-refractivity contribution in [2.75, 3.05) is 45.3 Å². The van der Waals surface area contributed by atoms with Gasteiger partial charge in [0.15, 0.2) is 0 Å². The molecule has 4 nitrogen and oxygen atoms in total. The summed E-state index contributed by atoms with van der Waals surface area (Å²) >= 11 is 0. The number of anilines is 1. The van der Waals surface area contributed by atoms with Gasteiger partial charge in [-0.25, -0.2) is 0 Å². The second-order valence-corrected chi connectivity index (χ2v) is 7.07. The van der Waals surface area contributed by atoms with Crippen molar-refractivity contribution in [1.29, 1.82) is 0 Å². The first kappa shape index (κ1) is 18.6. The zero-order chi connectivity index (χ0) is 18.4. The highest BCUT2D eigenvalue weighted by Crippen LogP contribution is 2.30. The first-order chi connectivity index (χ1) is 12.7. The zero-order valence-electron chi connectivity index (χ0n) is 15.7. The van der Waals surface area contributed by atoms with Gasteiger partial charge >= 0.3 is 0 Å². The minimum atomic E-state index is -0.593. The summed E-state index contributed by atoms with van der Waals surface area (Å²) in [6, 6.07) is 18.8. The Labute approximate surface area is 156 Å². The van der Waals surface area contributed by atoms with Gasteiger partial charge in [0.1, 0.15) is 11.8 Å². The molecule has 1 aliphatic heterocycles. The number of ether oxygens (including phenoxy) is 1. The van der Waals surface area contributed by atoms with Gasteiger partial charge in [-0.3, -0.25) is 4.90 Å². The number of hydrogen-bond acceptors (Lipinski definition) is 4. The number of carbonyl (C=O) groups excluding carboxylic acids is 1. The molecule has 0 aliphatic carbocycles. The van der Waals surface area contributed by atoms with Gasteiger partial charge in [-0.1, -0.05) is 42.5 Å². The lowest BCUT2D eigenvalue weighted by molar-refractivity contribution is -0.118. The third kappa shape index (κ3) is 3.97. The minimum Gasteiger partial charge on any atom is -0.378 e. The molecule has 1 heterocycles. The van der Waals surface area contributed by atoms with E-state index in [1.807, 2.05) is 49.3 Å². The first-order valence-electron chi connectivity index (χ1n) is 9.26. The fourth-order valence-corrected chi connectivity index (χ4v) is 3.62. The summed E-state index contributed by atoms with van der Waals surface area (Å²) in [4.78, 5) is 16.5. The molecule has 0 radical (unpaired) electrons. The molecule has 0 amide bonds. The van der Waals surface area contributed by atoms with E-state index in [9.17, 15) is 4.79 Å². The lowest BCUT2D eigenvalue weighted by Gasteiger charge is -2.35. The number of hydrogen-bond donors (Lipinski definition) is 0. The number of morpholine rings is 1. The second-order valence-electron chi connectivity index (χ2n) is 7.07. The Morgan fingerprint density at radius 3 is 2.27 bits per heavy atom. The number of rotatable bonds is 7. The topological polar surface area (TPSA) is 32.8 Å². The molecule has 0 aromatic heterocycles. The van der Waals surface area contributed by atoms with Gasteiger partial charge in [0.05, 0.1) is 13.2 Å². The Bertz CT molecular complexity index is 694. The lowest BCUT2D eigenvalue weighted by Crippen LogP contribution is -2.43. The van der Waals surface area contributed by atoms with Gasteiger partial charge in [0, 0.05) is 18.8 Å². The lowest BCUT2D eigenvalue weighted by atomic mass is 9.84. The van der Waals surface area contributed by atoms with Gasteiger partial charge in [-0.05, 0) is 50.2 Å². The van der Waals surface area contributed by atoms with Crippen LogP contribution in [0.1, 0.15) is 17.5 Å². The van der Waals surface area contributed by atoms with E-state index in [-0.39, 0.29) is 0 Å². The largest absolute Gasteiger partial charge is 0.378 e. The van der Waals surface area contributed by atoms with Crippen molar-refractivity contribution in [3.63, 3.8) is 0 Å². The van der Waals surface area contributed by atoms with Gasteiger partial charge < -0.3 is 14.4 Å². The number of benzene rings is 2. The van der Waals surface area contributed by atoms with Crippen molar-refractivity contribution < 1.29 is 9.53 Å². The minimum absolute atomic E-state index is 0.593. The van der Waals surface area contributed by atoms with Crippen LogP contribution in [-0.4, -0.2) is 51.6 Å². The SMILES string of the molecule is CN(C)C(C=O)(CCc1ccc(N2CCOCC2)cc1)c1ccccc1. The van der Waals surface area contributed by atoms with Crippen LogP contribution >= 0.6 is 0 Å². The Balaban J connectivity index is 1.72. The summed E-state index contributed by atoms with van der Waals surface area (Å²) in [6.45, 7) is 3.48. The molecule has 0 spiro atoms. The van der Waals surface area contributed by atoms with E-state index < -0.39 is 5.54 Å². The highest BCUT2D eigenvalue weighted by atomic mass is 16.5. The van der Waals surface area contributed by atoms with Crippen molar-refractivity contribution in [3.05, 3.63) is 65.7 Å². The van der Waals surface area contributed by atoms with Crippen molar-refractivity contribution in [3.8, 4) is 0 Å². The van der Waals surface area contributed by atoms with Crippen molar-refractivity contribution in [2.45, 2.75) is 18.4 Å². The molecule has 1 saturated heterocycles. The molecule has 0 saturated carbocycles. The van der Waals surface area contributed by atoms with Crippen LogP contribution < -0.4 is 4.90 Å². The maximum Gasteiger partial charge on any atom is 0.144 e. The molecule has 0 N–H and O–H groups in total. The zero-order valence-corrected chi connectivity index (χ0v) is 15.7. The molecule has 1 fully saturated rings. The fourth-order valence-electron chi connectivity index (χ4n) is 3.62. The average molecular weight is 352 g/mol. The molecular weight excluding hydrogens is 324 g/mol. The monoisotopic (exact) mass is 352 g/mol. The van der Waals surface area contributed by atoms with E-state index in [0.29, 0.717) is 0 Å². The van der Waals surface area contributed by atoms with Crippen LogP contribution in [0.4, 0.5) is 5.69 Å². The fraction of sp³-hybridized carbons (Fsp3) is 0.409. The number of carbonyl (C=O) groups is 1. The van der Waals surface area contributed by atoms with E-state index in [1.54, 1.807) is 0 Å². The molecule has 2 aromatic rings. The predicted octanol–water partition coefficient (Wildman–Crippen LogP) is 3.11. The van der Waals surface area contributed by atoms with Gasteiger partial charge in [-0.2, -0.15) is 0 Å². The van der Waals surface area contributed by atoms with E-state index in [1.165, 1.54) is 11.3 Å². The molecule has 3 rings (SSSR count). The molecule has 0 bridgehead atoms. The van der Waals surface area contributed by atoms with Crippen LogP contribution in [0.5, 0.6) is 0 Å². The van der Waals surface area contributed by atoms with Crippen LogP contribution in [0.2, 0.25) is 0 Å².